The van der Waals surface area contributed by atoms with Crippen molar-refractivity contribution in [2.45, 2.75) is 0 Å². The van der Waals surface area contributed by atoms with Crippen LogP contribution in [0.3, 0.4) is 0 Å². The Hall–Kier alpha value is -3.90. The van der Waals surface area contributed by atoms with Crippen LogP contribution in [0.25, 0.3) is 38.8 Å². The number of morpholine rings is 1. The molecular weight excluding hydrogens is 412 g/mol. The minimum atomic E-state index is 0.774. The summed E-state index contributed by atoms with van der Waals surface area (Å²) in [6.07, 6.45) is 1.93. The van der Waals surface area contributed by atoms with E-state index in [9.17, 15) is 0 Å². The Morgan fingerprint density at radius 1 is 0.848 bits per heavy atom. The van der Waals surface area contributed by atoms with E-state index < -0.39 is 0 Å². The maximum atomic E-state index is 5.51. The van der Waals surface area contributed by atoms with E-state index in [1.165, 1.54) is 5.69 Å². The Morgan fingerprint density at radius 2 is 1.64 bits per heavy atom. The molecule has 0 radical (unpaired) electrons. The third-order valence-electron chi connectivity index (χ3n) is 6.23. The molecular formula is C27H24N4O2. The van der Waals surface area contributed by atoms with Crippen LogP contribution in [0.4, 0.5) is 5.69 Å². The van der Waals surface area contributed by atoms with Gasteiger partial charge in [-0.15, -0.1) is 0 Å². The largest absolute Gasteiger partial charge is 0.497 e. The molecule has 1 aliphatic heterocycles. The van der Waals surface area contributed by atoms with Crippen LogP contribution in [0.5, 0.6) is 5.75 Å². The molecule has 6 nitrogen and oxygen atoms in total. The second-order valence-corrected chi connectivity index (χ2v) is 8.15. The summed E-state index contributed by atoms with van der Waals surface area (Å²) in [6, 6.07) is 24.8. The second kappa shape index (κ2) is 8.22. The minimum absolute atomic E-state index is 0.774. The first kappa shape index (κ1) is 19.8. The van der Waals surface area contributed by atoms with Crippen molar-refractivity contribution in [3.05, 3.63) is 79.0 Å². The number of ether oxygens (including phenoxy) is 2. The molecule has 33 heavy (non-hydrogen) atoms. The monoisotopic (exact) mass is 436 g/mol. The minimum Gasteiger partial charge on any atom is -0.497 e. The van der Waals surface area contributed by atoms with Crippen molar-refractivity contribution in [1.29, 1.82) is 0 Å². The molecule has 164 valence electrons. The van der Waals surface area contributed by atoms with Crippen molar-refractivity contribution in [2.75, 3.05) is 38.3 Å². The van der Waals surface area contributed by atoms with E-state index >= 15 is 0 Å². The number of nitrogens with zero attached hydrogens (tertiary/aromatic N) is 4. The lowest BCUT2D eigenvalue weighted by Gasteiger charge is -2.28. The molecule has 1 saturated heterocycles. The van der Waals surface area contributed by atoms with Gasteiger partial charge in [-0.25, -0.2) is 4.68 Å². The van der Waals surface area contributed by atoms with E-state index in [1.54, 1.807) is 7.11 Å². The molecule has 1 aliphatic rings. The average Bonchev–Trinajstić information content (AvgIpc) is 3.30. The van der Waals surface area contributed by atoms with Gasteiger partial charge in [-0.05, 0) is 42.5 Å². The highest BCUT2D eigenvalue weighted by molar-refractivity contribution is 6.09. The highest BCUT2D eigenvalue weighted by atomic mass is 16.5. The fourth-order valence-corrected chi connectivity index (χ4v) is 4.51. The van der Waals surface area contributed by atoms with E-state index in [0.717, 1.165) is 70.8 Å². The average molecular weight is 437 g/mol. The zero-order chi connectivity index (χ0) is 22.2. The summed E-state index contributed by atoms with van der Waals surface area (Å²) in [4.78, 5) is 7.09. The number of benzene rings is 3. The van der Waals surface area contributed by atoms with Crippen molar-refractivity contribution in [1.82, 2.24) is 14.8 Å². The molecule has 0 atom stereocenters. The van der Waals surface area contributed by atoms with Crippen LogP contribution in [0.15, 0.2) is 79.0 Å². The fraction of sp³-hybridized carbons (Fsp3) is 0.185. The molecule has 5 aromatic rings. The van der Waals surface area contributed by atoms with Gasteiger partial charge in [0.15, 0.2) is 0 Å². The zero-order valence-corrected chi connectivity index (χ0v) is 18.4. The SMILES string of the molecule is COc1ccc2ncc3c(-c4ccc(N5CCOCC5)cc4)nn(-c4ccccc4)c3c2c1. The predicted molar refractivity (Wildman–Crippen MR) is 131 cm³/mol. The molecule has 0 spiro atoms. The van der Waals surface area contributed by atoms with Gasteiger partial charge in [0.2, 0.25) is 0 Å². The van der Waals surface area contributed by atoms with Crippen molar-refractivity contribution < 1.29 is 9.47 Å². The van der Waals surface area contributed by atoms with Crippen LogP contribution in [0, 0.1) is 0 Å². The predicted octanol–water partition coefficient (Wildman–Crippen LogP) is 5.09. The first-order chi connectivity index (χ1) is 16.3. The summed E-state index contributed by atoms with van der Waals surface area (Å²) in [6.45, 7) is 3.39. The van der Waals surface area contributed by atoms with Crippen molar-refractivity contribution >= 4 is 27.5 Å². The number of aromatic nitrogens is 3. The first-order valence-corrected chi connectivity index (χ1v) is 11.2. The van der Waals surface area contributed by atoms with E-state index in [4.69, 9.17) is 19.6 Å². The van der Waals surface area contributed by atoms with E-state index in [2.05, 4.69) is 41.3 Å². The Bertz CT molecular complexity index is 1420. The van der Waals surface area contributed by atoms with Gasteiger partial charge in [0.25, 0.3) is 0 Å². The van der Waals surface area contributed by atoms with Gasteiger partial charge in [-0.2, -0.15) is 5.10 Å². The maximum absolute atomic E-state index is 5.51. The van der Waals surface area contributed by atoms with E-state index in [0.29, 0.717) is 0 Å². The zero-order valence-electron chi connectivity index (χ0n) is 18.4. The van der Waals surface area contributed by atoms with Gasteiger partial charge < -0.3 is 14.4 Å². The molecule has 0 saturated carbocycles. The highest BCUT2D eigenvalue weighted by Gasteiger charge is 2.18. The molecule has 0 aliphatic carbocycles. The lowest BCUT2D eigenvalue weighted by molar-refractivity contribution is 0.122. The molecule has 6 heteroatoms. The maximum Gasteiger partial charge on any atom is 0.119 e. The van der Waals surface area contributed by atoms with Gasteiger partial charge in [-0.3, -0.25) is 4.98 Å². The van der Waals surface area contributed by atoms with Gasteiger partial charge in [0.1, 0.15) is 11.4 Å². The number of para-hydroxylation sites is 1. The summed E-state index contributed by atoms with van der Waals surface area (Å²) < 4.78 is 13.0. The normalized spacial score (nSPS) is 14.2. The first-order valence-electron chi connectivity index (χ1n) is 11.2. The molecule has 2 aromatic heterocycles. The van der Waals surface area contributed by atoms with Gasteiger partial charge in [-0.1, -0.05) is 30.3 Å². The fourth-order valence-electron chi connectivity index (χ4n) is 4.51. The molecule has 0 amide bonds. The summed E-state index contributed by atoms with van der Waals surface area (Å²) in [5.41, 5.74) is 6.14. The van der Waals surface area contributed by atoms with Crippen LogP contribution >= 0.6 is 0 Å². The summed E-state index contributed by atoms with van der Waals surface area (Å²) in [5.74, 6) is 0.800. The van der Waals surface area contributed by atoms with Crippen molar-refractivity contribution in [3.8, 4) is 22.7 Å². The van der Waals surface area contributed by atoms with Crippen LogP contribution in [0.2, 0.25) is 0 Å². The molecule has 3 heterocycles. The van der Waals surface area contributed by atoms with Crippen LogP contribution in [-0.4, -0.2) is 48.2 Å². The van der Waals surface area contributed by atoms with Crippen LogP contribution in [-0.2, 0) is 4.74 Å². The van der Waals surface area contributed by atoms with Gasteiger partial charge in [0, 0.05) is 41.3 Å². The topological polar surface area (TPSA) is 52.4 Å². The number of methoxy groups -OCH3 is 1. The Labute approximate surface area is 192 Å². The van der Waals surface area contributed by atoms with Crippen molar-refractivity contribution in [2.24, 2.45) is 0 Å². The smallest absolute Gasteiger partial charge is 0.119 e. The molecule has 0 unspecified atom stereocenters. The Kier molecular flexibility index (Phi) is 4.92. The molecule has 1 fully saturated rings. The second-order valence-electron chi connectivity index (χ2n) is 8.15. The number of pyridine rings is 1. The summed E-state index contributed by atoms with van der Waals surface area (Å²) in [5, 5.41) is 7.11. The molecule has 3 aromatic carbocycles. The quantitative estimate of drug-likeness (QED) is 0.393. The summed E-state index contributed by atoms with van der Waals surface area (Å²) >= 11 is 0. The number of rotatable bonds is 4. The number of hydrogen-bond donors (Lipinski definition) is 0. The van der Waals surface area contributed by atoms with E-state index in [-0.39, 0.29) is 0 Å². The van der Waals surface area contributed by atoms with Gasteiger partial charge in [0.05, 0.1) is 37.0 Å². The van der Waals surface area contributed by atoms with Crippen molar-refractivity contribution in [3.63, 3.8) is 0 Å². The summed E-state index contributed by atoms with van der Waals surface area (Å²) in [7, 11) is 1.69. The molecule has 6 rings (SSSR count). The number of fused-ring (bicyclic) bond motifs is 3. The molecule has 0 N–H and O–H groups in total. The van der Waals surface area contributed by atoms with Crippen LogP contribution < -0.4 is 9.64 Å². The lowest BCUT2D eigenvalue weighted by Crippen LogP contribution is -2.36. The highest BCUT2D eigenvalue weighted by Crippen LogP contribution is 2.35. The van der Waals surface area contributed by atoms with Crippen LogP contribution in [0.1, 0.15) is 0 Å². The Morgan fingerprint density at radius 3 is 2.39 bits per heavy atom. The standard InChI is InChI=1S/C27H24N4O2/c1-32-22-11-12-25-23(17-22)27-24(18-28-25)26(29-31(27)21-5-3-2-4-6-21)19-7-9-20(10-8-19)30-13-15-33-16-14-30/h2-12,17-18H,13-16H2,1H3. The Balaban J connectivity index is 1.54. The molecule has 0 bridgehead atoms. The number of hydrogen-bond acceptors (Lipinski definition) is 5. The lowest BCUT2D eigenvalue weighted by atomic mass is 10.1. The van der Waals surface area contributed by atoms with Gasteiger partial charge >= 0.3 is 0 Å². The number of anilines is 1. The van der Waals surface area contributed by atoms with E-state index in [1.807, 2.05) is 47.3 Å². The third-order valence-corrected chi connectivity index (χ3v) is 6.23. The third kappa shape index (κ3) is 3.49.